The largest absolute Gasteiger partial charge is 0.854 e. The summed E-state index contributed by atoms with van der Waals surface area (Å²) in [6.45, 7) is 3.32. The summed E-state index contributed by atoms with van der Waals surface area (Å²) >= 11 is 0. The summed E-state index contributed by atoms with van der Waals surface area (Å²) in [4.78, 5) is 15.6. The zero-order valence-corrected chi connectivity index (χ0v) is 13.1. The third-order valence-electron chi connectivity index (χ3n) is 3.09. The zero-order valence-electron chi connectivity index (χ0n) is 13.1. The SMILES string of the molecule is CCOCCCN=C([O-])c1c(=O)o[nH][n+]1-c1ccc(OC)cc1. The minimum atomic E-state index is -0.764. The van der Waals surface area contributed by atoms with Gasteiger partial charge in [0.1, 0.15) is 5.75 Å². The lowest BCUT2D eigenvalue weighted by atomic mass is 10.3. The molecule has 124 valence electrons. The number of benzene rings is 1. The third kappa shape index (κ3) is 4.19. The van der Waals surface area contributed by atoms with Gasteiger partial charge in [-0.1, -0.05) is 0 Å². The van der Waals surface area contributed by atoms with Crippen LogP contribution in [0.3, 0.4) is 0 Å². The van der Waals surface area contributed by atoms with E-state index in [-0.39, 0.29) is 12.2 Å². The first-order valence-electron chi connectivity index (χ1n) is 7.25. The molecule has 1 aromatic carbocycles. The Bertz CT molecular complexity index is 703. The molecule has 0 saturated carbocycles. The summed E-state index contributed by atoms with van der Waals surface area (Å²) in [5, 5.41) is 14.5. The van der Waals surface area contributed by atoms with Gasteiger partial charge in [0.2, 0.25) is 5.69 Å². The van der Waals surface area contributed by atoms with E-state index in [0.29, 0.717) is 31.1 Å². The smallest absolute Gasteiger partial charge is 0.436 e. The van der Waals surface area contributed by atoms with E-state index in [1.807, 2.05) is 6.92 Å². The van der Waals surface area contributed by atoms with Crippen molar-refractivity contribution in [2.24, 2.45) is 4.99 Å². The molecule has 0 amide bonds. The molecule has 0 bridgehead atoms. The van der Waals surface area contributed by atoms with Gasteiger partial charge >= 0.3 is 11.3 Å². The van der Waals surface area contributed by atoms with Gasteiger partial charge in [-0.05, 0) is 35.4 Å². The van der Waals surface area contributed by atoms with Crippen LogP contribution in [0.4, 0.5) is 0 Å². The van der Waals surface area contributed by atoms with Crippen molar-refractivity contribution in [1.82, 2.24) is 5.27 Å². The van der Waals surface area contributed by atoms with Gasteiger partial charge in [0.15, 0.2) is 0 Å². The number of nitrogens with one attached hydrogen (secondary N) is 1. The molecule has 8 nitrogen and oxygen atoms in total. The lowest BCUT2D eigenvalue weighted by Crippen LogP contribution is -2.44. The number of aromatic amines is 1. The average molecular weight is 321 g/mol. The van der Waals surface area contributed by atoms with Crippen LogP contribution in [-0.2, 0) is 4.74 Å². The molecule has 0 aliphatic carbocycles. The van der Waals surface area contributed by atoms with E-state index in [4.69, 9.17) is 14.0 Å². The molecule has 1 aromatic heterocycles. The summed E-state index contributed by atoms with van der Waals surface area (Å²) in [7, 11) is 1.55. The van der Waals surface area contributed by atoms with Gasteiger partial charge in [-0.15, -0.1) is 0 Å². The van der Waals surface area contributed by atoms with E-state index < -0.39 is 11.5 Å². The molecule has 1 heterocycles. The molecule has 0 saturated heterocycles. The van der Waals surface area contributed by atoms with Gasteiger partial charge in [0.05, 0.1) is 13.0 Å². The van der Waals surface area contributed by atoms with Crippen molar-refractivity contribution in [3.8, 4) is 11.4 Å². The van der Waals surface area contributed by atoms with Crippen LogP contribution in [0.2, 0.25) is 0 Å². The Balaban J connectivity index is 2.20. The van der Waals surface area contributed by atoms with Crippen LogP contribution < -0.4 is 20.2 Å². The Kier molecular flexibility index (Phi) is 5.93. The van der Waals surface area contributed by atoms with Crippen molar-refractivity contribution in [2.45, 2.75) is 13.3 Å². The topological polar surface area (TPSA) is 104 Å². The Labute approximate surface area is 132 Å². The number of H-pyrrole nitrogens is 1. The molecule has 0 radical (unpaired) electrons. The minimum absolute atomic E-state index is 0.174. The Morgan fingerprint density at radius 2 is 2.13 bits per heavy atom. The van der Waals surface area contributed by atoms with Gasteiger partial charge in [0, 0.05) is 31.9 Å². The highest BCUT2D eigenvalue weighted by atomic mass is 16.5. The highest BCUT2D eigenvalue weighted by molar-refractivity contribution is 5.86. The molecule has 0 fully saturated rings. The van der Waals surface area contributed by atoms with E-state index in [1.54, 1.807) is 31.4 Å². The van der Waals surface area contributed by atoms with E-state index in [2.05, 4.69) is 10.3 Å². The van der Waals surface area contributed by atoms with Gasteiger partial charge in [-0.3, -0.25) is 9.52 Å². The molecule has 0 aliphatic heterocycles. The van der Waals surface area contributed by atoms with Crippen LogP contribution in [0.15, 0.2) is 38.6 Å². The Morgan fingerprint density at radius 1 is 1.39 bits per heavy atom. The normalized spacial score (nSPS) is 11.7. The highest BCUT2D eigenvalue weighted by Gasteiger charge is 2.23. The third-order valence-corrected chi connectivity index (χ3v) is 3.09. The minimum Gasteiger partial charge on any atom is -0.854 e. The van der Waals surface area contributed by atoms with Crippen LogP contribution in [0.5, 0.6) is 5.75 Å². The van der Waals surface area contributed by atoms with E-state index in [1.165, 1.54) is 4.68 Å². The fourth-order valence-corrected chi connectivity index (χ4v) is 1.93. The van der Waals surface area contributed by atoms with Crippen LogP contribution >= 0.6 is 0 Å². The molecule has 0 atom stereocenters. The maximum Gasteiger partial charge on any atom is 0.436 e. The van der Waals surface area contributed by atoms with Gasteiger partial charge in [-0.25, -0.2) is 4.79 Å². The molecule has 0 aliphatic rings. The number of aliphatic imine (C=N–C) groups is 1. The van der Waals surface area contributed by atoms with Crippen LogP contribution in [0.1, 0.15) is 19.0 Å². The quantitative estimate of drug-likeness (QED) is 0.313. The second kappa shape index (κ2) is 8.14. The Morgan fingerprint density at radius 3 is 2.78 bits per heavy atom. The van der Waals surface area contributed by atoms with Crippen LogP contribution in [0.25, 0.3) is 5.69 Å². The van der Waals surface area contributed by atoms with Crippen LogP contribution in [-0.4, -0.2) is 38.0 Å². The molecule has 8 heteroatoms. The lowest BCUT2D eigenvalue weighted by Gasteiger charge is -2.04. The predicted octanol–water partition coefficient (Wildman–Crippen LogP) is -0.213. The number of hydrogen-bond acceptors (Lipinski definition) is 6. The molecule has 2 aromatic rings. The molecule has 2 rings (SSSR count). The molecule has 1 N–H and O–H groups in total. The fourth-order valence-electron chi connectivity index (χ4n) is 1.93. The summed E-state index contributed by atoms with van der Waals surface area (Å²) < 4.78 is 16.2. The second-order valence-electron chi connectivity index (χ2n) is 4.60. The first-order chi connectivity index (χ1) is 11.2. The van der Waals surface area contributed by atoms with Gasteiger partial charge < -0.3 is 14.6 Å². The maximum atomic E-state index is 12.1. The van der Waals surface area contributed by atoms with Crippen molar-refractivity contribution in [3.63, 3.8) is 0 Å². The predicted molar refractivity (Wildman–Crippen MR) is 79.9 cm³/mol. The second-order valence-corrected chi connectivity index (χ2v) is 4.60. The Hall–Kier alpha value is -2.61. The highest BCUT2D eigenvalue weighted by Crippen LogP contribution is 2.10. The van der Waals surface area contributed by atoms with E-state index in [0.717, 1.165) is 0 Å². The number of nitrogens with zero attached hydrogens (tertiary/aromatic N) is 2. The fraction of sp³-hybridized carbons (Fsp3) is 0.400. The van der Waals surface area contributed by atoms with E-state index in [9.17, 15) is 9.90 Å². The number of rotatable bonds is 8. The van der Waals surface area contributed by atoms with Crippen LogP contribution in [0, 0.1) is 0 Å². The standard InChI is InChI=1S/C15H19N3O5/c1-3-22-10-4-9-16-14(19)13-15(20)23-17-18(13)11-5-7-12(21-2)8-6-11/h5-8H,3-4,9-10H2,1-2H3,(H-,16,17,19,20). The molecule has 0 spiro atoms. The molecule has 0 unspecified atom stereocenters. The number of aromatic nitrogens is 2. The van der Waals surface area contributed by atoms with Crippen molar-refractivity contribution in [3.05, 3.63) is 40.4 Å². The molecule has 23 heavy (non-hydrogen) atoms. The summed E-state index contributed by atoms with van der Waals surface area (Å²) in [5.41, 5.74) is -0.379. The molecular formula is C15H19N3O5. The van der Waals surface area contributed by atoms with Gasteiger partial charge in [0.25, 0.3) is 0 Å². The number of methoxy groups -OCH3 is 1. The maximum absolute atomic E-state index is 12.1. The van der Waals surface area contributed by atoms with Crippen molar-refractivity contribution >= 4 is 5.90 Å². The first-order valence-corrected chi connectivity index (χ1v) is 7.25. The zero-order chi connectivity index (χ0) is 16.7. The summed E-state index contributed by atoms with van der Waals surface area (Å²) in [5.74, 6) is 0.0287. The lowest BCUT2D eigenvalue weighted by molar-refractivity contribution is -0.673. The van der Waals surface area contributed by atoms with Crippen molar-refractivity contribution in [2.75, 3.05) is 26.9 Å². The average Bonchev–Trinajstić information content (AvgIpc) is 2.96. The van der Waals surface area contributed by atoms with Crippen molar-refractivity contribution in [1.29, 1.82) is 0 Å². The number of ether oxygens (including phenoxy) is 2. The summed E-state index contributed by atoms with van der Waals surface area (Å²) in [6.07, 6.45) is 0.609. The monoisotopic (exact) mass is 321 g/mol. The van der Waals surface area contributed by atoms with Gasteiger partial charge in [-0.2, -0.15) is 0 Å². The van der Waals surface area contributed by atoms with E-state index >= 15 is 0 Å². The first kappa shape index (κ1) is 16.8. The number of hydrogen-bond donors (Lipinski definition) is 1. The van der Waals surface area contributed by atoms with Crippen molar-refractivity contribution < 1.29 is 23.8 Å². The summed E-state index contributed by atoms with van der Waals surface area (Å²) in [6, 6.07) is 6.80. The molecular weight excluding hydrogens is 302 g/mol.